The van der Waals surface area contributed by atoms with Crippen LogP contribution in [0.5, 0.6) is 0 Å². The molecule has 0 amide bonds. The quantitative estimate of drug-likeness (QED) is 0.602. The van der Waals surface area contributed by atoms with E-state index in [1.807, 2.05) is 36.4 Å². The maximum atomic E-state index is 6.39. The number of anilines is 1. The van der Waals surface area contributed by atoms with Gasteiger partial charge in [-0.25, -0.2) is 19.9 Å². The predicted octanol–water partition coefficient (Wildman–Crippen LogP) is 3.67. The van der Waals surface area contributed by atoms with E-state index in [-0.39, 0.29) is 0 Å². The van der Waals surface area contributed by atoms with Crippen molar-refractivity contribution < 1.29 is 0 Å². The second-order valence-corrected chi connectivity index (χ2v) is 6.74. The highest BCUT2D eigenvalue weighted by molar-refractivity contribution is 6.33. The molecule has 1 fully saturated rings. The summed E-state index contributed by atoms with van der Waals surface area (Å²) in [6, 6.07) is 11.8. The minimum Gasteiger partial charge on any atom is -0.355 e. The van der Waals surface area contributed by atoms with Gasteiger partial charge < -0.3 is 9.88 Å². The zero-order valence-corrected chi connectivity index (χ0v) is 14.6. The van der Waals surface area contributed by atoms with E-state index in [1.54, 1.807) is 18.6 Å². The van der Waals surface area contributed by atoms with Crippen LogP contribution in [0.3, 0.4) is 0 Å². The van der Waals surface area contributed by atoms with Crippen LogP contribution >= 0.6 is 11.6 Å². The molecule has 0 unspecified atom stereocenters. The normalized spacial score (nSPS) is 14.6. The molecular formula is C19H15ClN6. The van der Waals surface area contributed by atoms with Gasteiger partial charge in [-0.3, -0.25) is 0 Å². The van der Waals surface area contributed by atoms with E-state index in [1.165, 1.54) is 0 Å². The molecule has 1 aromatic carbocycles. The molecule has 26 heavy (non-hydrogen) atoms. The van der Waals surface area contributed by atoms with Crippen molar-refractivity contribution in [1.29, 1.82) is 0 Å². The number of pyridine rings is 1. The molecule has 1 saturated heterocycles. The molecule has 4 heterocycles. The van der Waals surface area contributed by atoms with E-state index >= 15 is 0 Å². The Balaban J connectivity index is 1.43. The van der Waals surface area contributed by atoms with Gasteiger partial charge in [0.1, 0.15) is 17.5 Å². The number of nitrogens with one attached hydrogen (secondary N) is 1. The molecule has 0 bridgehead atoms. The van der Waals surface area contributed by atoms with Gasteiger partial charge in [0.05, 0.1) is 22.0 Å². The van der Waals surface area contributed by atoms with Gasteiger partial charge in [-0.15, -0.1) is 0 Å². The van der Waals surface area contributed by atoms with E-state index in [0.717, 1.165) is 47.2 Å². The zero-order chi connectivity index (χ0) is 17.5. The third-order valence-electron chi connectivity index (χ3n) is 4.64. The third-order valence-corrected chi connectivity index (χ3v) is 4.94. The highest BCUT2D eigenvalue weighted by Crippen LogP contribution is 2.34. The van der Waals surface area contributed by atoms with E-state index in [9.17, 15) is 0 Å². The van der Waals surface area contributed by atoms with Crippen molar-refractivity contribution in [2.24, 2.45) is 0 Å². The fourth-order valence-corrected chi connectivity index (χ4v) is 3.41. The molecule has 6 nitrogen and oxygen atoms in total. The average Bonchev–Trinajstić information content (AvgIpc) is 3.06. The van der Waals surface area contributed by atoms with Crippen LogP contribution in [-0.4, -0.2) is 38.0 Å². The van der Waals surface area contributed by atoms with Gasteiger partial charge in [0.25, 0.3) is 0 Å². The number of aromatic nitrogens is 5. The third kappa shape index (κ3) is 2.59. The summed E-state index contributed by atoms with van der Waals surface area (Å²) in [7, 11) is 0. The molecule has 5 rings (SSSR count). The monoisotopic (exact) mass is 362 g/mol. The number of imidazole rings is 1. The van der Waals surface area contributed by atoms with Crippen molar-refractivity contribution in [1.82, 2.24) is 24.9 Å². The van der Waals surface area contributed by atoms with Gasteiger partial charge in [-0.1, -0.05) is 23.7 Å². The summed E-state index contributed by atoms with van der Waals surface area (Å²) in [4.78, 5) is 23.3. The van der Waals surface area contributed by atoms with Crippen molar-refractivity contribution >= 4 is 28.5 Å². The van der Waals surface area contributed by atoms with Crippen LogP contribution in [0.4, 0.5) is 5.82 Å². The van der Waals surface area contributed by atoms with Crippen LogP contribution in [0.15, 0.2) is 55.0 Å². The Bertz CT molecular complexity index is 1040. The van der Waals surface area contributed by atoms with E-state index in [4.69, 9.17) is 11.6 Å². The lowest BCUT2D eigenvalue weighted by atomic mass is 9.99. The Morgan fingerprint density at radius 1 is 1.04 bits per heavy atom. The minimum absolute atomic E-state index is 0.336. The number of para-hydroxylation sites is 2. The van der Waals surface area contributed by atoms with Gasteiger partial charge in [0.15, 0.2) is 0 Å². The predicted molar refractivity (Wildman–Crippen MR) is 101 cm³/mol. The summed E-state index contributed by atoms with van der Waals surface area (Å²) in [5.74, 6) is 2.86. The first kappa shape index (κ1) is 15.3. The van der Waals surface area contributed by atoms with Crippen molar-refractivity contribution in [2.45, 2.75) is 5.92 Å². The van der Waals surface area contributed by atoms with Crippen LogP contribution in [0.2, 0.25) is 5.02 Å². The molecule has 4 aromatic rings. The molecule has 0 atom stereocenters. The highest BCUT2D eigenvalue weighted by atomic mass is 35.5. The maximum Gasteiger partial charge on any atom is 0.140 e. The van der Waals surface area contributed by atoms with Crippen LogP contribution in [0, 0.1) is 0 Å². The maximum absolute atomic E-state index is 6.39. The van der Waals surface area contributed by atoms with E-state index in [2.05, 4.69) is 29.8 Å². The summed E-state index contributed by atoms with van der Waals surface area (Å²) in [6.07, 6.45) is 5.25. The van der Waals surface area contributed by atoms with Crippen molar-refractivity contribution in [3.05, 3.63) is 65.8 Å². The fourth-order valence-electron chi connectivity index (χ4n) is 3.21. The average molecular weight is 363 g/mol. The molecule has 0 spiro atoms. The first-order valence-corrected chi connectivity index (χ1v) is 8.78. The van der Waals surface area contributed by atoms with E-state index < -0.39 is 0 Å². The smallest absolute Gasteiger partial charge is 0.140 e. The molecular weight excluding hydrogens is 348 g/mol. The van der Waals surface area contributed by atoms with Crippen molar-refractivity contribution in [3.63, 3.8) is 0 Å². The topological polar surface area (TPSA) is 70.6 Å². The van der Waals surface area contributed by atoms with Crippen molar-refractivity contribution in [3.8, 4) is 11.4 Å². The molecule has 1 aliphatic heterocycles. The summed E-state index contributed by atoms with van der Waals surface area (Å²) in [5, 5.41) is 0.580. The number of aromatic amines is 1. The largest absolute Gasteiger partial charge is 0.355 e. The number of fused-ring (bicyclic) bond motifs is 1. The first-order valence-electron chi connectivity index (χ1n) is 8.40. The number of hydrogen-bond acceptors (Lipinski definition) is 5. The SMILES string of the molecule is Clc1cnc(N2CC(c3ncccn3)C2)cc1-c1nc2ccccc2[nH]1. The number of nitrogens with zero attached hydrogens (tertiary/aromatic N) is 5. The second-order valence-electron chi connectivity index (χ2n) is 6.33. The Labute approximate surface area is 154 Å². The number of rotatable bonds is 3. The molecule has 3 aromatic heterocycles. The Kier molecular flexibility index (Phi) is 3.57. The number of halogens is 1. The fraction of sp³-hybridized carbons (Fsp3) is 0.158. The van der Waals surface area contributed by atoms with Crippen LogP contribution < -0.4 is 4.90 Å². The first-order chi connectivity index (χ1) is 12.8. The Morgan fingerprint density at radius 3 is 2.65 bits per heavy atom. The number of benzene rings is 1. The van der Waals surface area contributed by atoms with Gasteiger partial charge in [0, 0.05) is 37.2 Å². The molecule has 0 radical (unpaired) electrons. The summed E-state index contributed by atoms with van der Waals surface area (Å²) >= 11 is 6.39. The second kappa shape index (κ2) is 6.07. The lowest BCUT2D eigenvalue weighted by Crippen LogP contribution is -2.46. The minimum atomic E-state index is 0.336. The van der Waals surface area contributed by atoms with Crippen LogP contribution in [0.25, 0.3) is 22.4 Å². The van der Waals surface area contributed by atoms with Crippen LogP contribution in [-0.2, 0) is 0 Å². The molecule has 1 aliphatic rings. The summed E-state index contributed by atoms with van der Waals surface area (Å²) in [5.41, 5.74) is 2.76. The summed E-state index contributed by atoms with van der Waals surface area (Å²) in [6.45, 7) is 1.69. The highest BCUT2D eigenvalue weighted by Gasteiger charge is 2.31. The van der Waals surface area contributed by atoms with Gasteiger partial charge in [-0.2, -0.15) is 0 Å². The van der Waals surface area contributed by atoms with E-state index in [0.29, 0.717) is 10.9 Å². The van der Waals surface area contributed by atoms with Gasteiger partial charge in [-0.05, 0) is 24.3 Å². The lowest BCUT2D eigenvalue weighted by molar-refractivity contribution is 0.496. The molecule has 128 valence electrons. The molecule has 0 saturated carbocycles. The number of hydrogen-bond donors (Lipinski definition) is 1. The van der Waals surface area contributed by atoms with Gasteiger partial charge in [0.2, 0.25) is 0 Å². The standard InChI is InChI=1S/C19H15ClN6/c20-14-9-23-17(26-10-12(11-26)18-21-6-3-7-22-18)8-13(14)19-24-15-4-1-2-5-16(15)25-19/h1-9,12H,10-11H2,(H,24,25). The zero-order valence-electron chi connectivity index (χ0n) is 13.8. The summed E-state index contributed by atoms with van der Waals surface area (Å²) < 4.78 is 0. The molecule has 7 heteroatoms. The lowest BCUT2D eigenvalue weighted by Gasteiger charge is -2.39. The molecule has 1 N–H and O–H groups in total. The Hall–Kier alpha value is -2.99. The van der Waals surface area contributed by atoms with Gasteiger partial charge >= 0.3 is 0 Å². The van der Waals surface area contributed by atoms with Crippen LogP contribution in [0.1, 0.15) is 11.7 Å². The Morgan fingerprint density at radius 2 is 1.85 bits per heavy atom. The van der Waals surface area contributed by atoms with Crippen molar-refractivity contribution in [2.75, 3.05) is 18.0 Å². The number of H-pyrrole nitrogens is 1. The molecule has 0 aliphatic carbocycles.